The fourth-order valence-corrected chi connectivity index (χ4v) is 0.529. The fraction of sp³-hybridized carbons (Fsp3) is 0.714. The molecule has 0 rings (SSSR count). The standard InChI is InChI=1S/C7H12O4/c1-3-4-6(8)11-7(9)5-10-2/h3-5H2,1-2H3. The smallest absolute Gasteiger partial charge is 0.339 e. The molecule has 0 N–H and O–H groups in total. The monoisotopic (exact) mass is 160 g/mol. The summed E-state index contributed by atoms with van der Waals surface area (Å²) in [5, 5.41) is 0. The van der Waals surface area contributed by atoms with Crippen LogP contribution in [0.5, 0.6) is 0 Å². The molecule has 0 aliphatic heterocycles. The van der Waals surface area contributed by atoms with Crippen molar-refractivity contribution in [2.45, 2.75) is 19.8 Å². The van der Waals surface area contributed by atoms with Crippen molar-refractivity contribution >= 4 is 11.9 Å². The lowest BCUT2D eigenvalue weighted by atomic mass is 10.3. The van der Waals surface area contributed by atoms with E-state index in [0.29, 0.717) is 6.42 Å². The molecule has 0 aromatic carbocycles. The van der Waals surface area contributed by atoms with Crippen LogP contribution in [0.2, 0.25) is 0 Å². The van der Waals surface area contributed by atoms with Crippen molar-refractivity contribution < 1.29 is 19.1 Å². The Morgan fingerprint density at radius 2 is 1.91 bits per heavy atom. The molecule has 0 amide bonds. The average Bonchev–Trinajstić information content (AvgIpc) is 1.87. The molecule has 0 aliphatic carbocycles. The van der Waals surface area contributed by atoms with E-state index in [4.69, 9.17) is 0 Å². The molecule has 0 atom stereocenters. The van der Waals surface area contributed by atoms with Gasteiger partial charge in [-0.2, -0.15) is 0 Å². The van der Waals surface area contributed by atoms with E-state index in [0.717, 1.165) is 0 Å². The molecule has 4 heteroatoms. The Labute approximate surface area is 65.5 Å². The highest BCUT2D eigenvalue weighted by atomic mass is 16.6. The maximum Gasteiger partial charge on any atom is 0.339 e. The van der Waals surface area contributed by atoms with Crippen molar-refractivity contribution in [2.75, 3.05) is 13.7 Å². The summed E-state index contributed by atoms with van der Waals surface area (Å²) in [6, 6.07) is 0. The number of hydrogen-bond donors (Lipinski definition) is 0. The molecule has 0 radical (unpaired) electrons. The van der Waals surface area contributed by atoms with E-state index in [2.05, 4.69) is 9.47 Å². The summed E-state index contributed by atoms with van der Waals surface area (Å²) >= 11 is 0. The summed E-state index contributed by atoms with van der Waals surface area (Å²) in [4.78, 5) is 21.2. The van der Waals surface area contributed by atoms with Gasteiger partial charge in [0.2, 0.25) is 0 Å². The van der Waals surface area contributed by atoms with Crippen LogP contribution < -0.4 is 0 Å². The van der Waals surface area contributed by atoms with Crippen molar-refractivity contribution in [3.05, 3.63) is 0 Å². The summed E-state index contributed by atoms with van der Waals surface area (Å²) < 4.78 is 8.78. The normalized spacial score (nSPS) is 9.27. The molecule has 0 aromatic heterocycles. The molecule has 11 heavy (non-hydrogen) atoms. The largest absolute Gasteiger partial charge is 0.391 e. The summed E-state index contributed by atoms with van der Waals surface area (Å²) in [6.45, 7) is 1.66. The van der Waals surface area contributed by atoms with Gasteiger partial charge in [0, 0.05) is 13.5 Å². The molecule has 0 bridgehead atoms. The van der Waals surface area contributed by atoms with E-state index in [1.165, 1.54) is 7.11 Å². The third-order valence-corrected chi connectivity index (χ3v) is 0.944. The molecule has 0 fully saturated rings. The topological polar surface area (TPSA) is 52.6 Å². The maximum absolute atomic E-state index is 10.6. The van der Waals surface area contributed by atoms with Crippen LogP contribution in [0.4, 0.5) is 0 Å². The zero-order valence-corrected chi connectivity index (χ0v) is 6.75. The minimum absolute atomic E-state index is 0.171. The second kappa shape index (κ2) is 5.85. The summed E-state index contributed by atoms with van der Waals surface area (Å²) in [5.74, 6) is -1.12. The van der Waals surface area contributed by atoms with Gasteiger partial charge in [0.05, 0.1) is 0 Å². The maximum atomic E-state index is 10.6. The summed E-state index contributed by atoms with van der Waals surface area (Å²) in [6.07, 6.45) is 0.953. The molecule has 0 aromatic rings. The SMILES string of the molecule is CCCC(=O)OC(=O)COC. The molecular formula is C7H12O4. The number of carbonyl (C=O) groups excluding carboxylic acids is 2. The highest BCUT2D eigenvalue weighted by Crippen LogP contribution is 1.91. The van der Waals surface area contributed by atoms with Crippen molar-refractivity contribution in [3.8, 4) is 0 Å². The van der Waals surface area contributed by atoms with Gasteiger partial charge in [0.25, 0.3) is 0 Å². The van der Waals surface area contributed by atoms with Gasteiger partial charge in [0.15, 0.2) is 0 Å². The van der Waals surface area contributed by atoms with E-state index in [1.807, 2.05) is 6.92 Å². The number of methoxy groups -OCH3 is 1. The Morgan fingerprint density at radius 3 is 2.36 bits per heavy atom. The zero-order chi connectivity index (χ0) is 8.69. The van der Waals surface area contributed by atoms with Crippen molar-refractivity contribution in [1.29, 1.82) is 0 Å². The molecule has 0 unspecified atom stereocenters. The lowest BCUT2D eigenvalue weighted by Gasteiger charge is -1.99. The quantitative estimate of drug-likeness (QED) is 0.444. The van der Waals surface area contributed by atoms with Gasteiger partial charge < -0.3 is 9.47 Å². The van der Waals surface area contributed by atoms with E-state index in [-0.39, 0.29) is 13.0 Å². The van der Waals surface area contributed by atoms with Gasteiger partial charge >= 0.3 is 11.9 Å². The van der Waals surface area contributed by atoms with Crippen LogP contribution in [-0.4, -0.2) is 25.7 Å². The number of esters is 2. The highest BCUT2D eigenvalue weighted by molar-refractivity contribution is 5.85. The summed E-state index contributed by atoms with van der Waals surface area (Å²) in [7, 11) is 1.37. The highest BCUT2D eigenvalue weighted by Gasteiger charge is 2.07. The lowest BCUT2D eigenvalue weighted by Crippen LogP contribution is -2.16. The first kappa shape index (κ1) is 10.1. The average molecular weight is 160 g/mol. The van der Waals surface area contributed by atoms with Crippen LogP contribution >= 0.6 is 0 Å². The first-order valence-electron chi connectivity index (χ1n) is 3.43. The molecule has 0 heterocycles. The van der Waals surface area contributed by atoms with Crippen LogP contribution in [0.3, 0.4) is 0 Å². The van der Waals surface area contributed by atoms with Crippen molar-refractivity contribution in [2.24, 2.45) is 0 Å². The predicted octanol–water partition coefficient (Wildman–Crippen LogP) is 0.503. The van der Waals surface area contributed by atoms with Gasteiger partial charge in [-0.1, -0.05) is 6.92 Å². The van der Waals surface area contributed by atoms with Crippen LogP contribution in [-0.2, 0) is 19.1 Å². The zero-order valence-electron chi connectivity index (χ0n) is 6.75. The van der Waals surface area contributed by atoms with Crippen LogP contribution in [0.25, 0.3) is 0 Å². The van der Waals surface area contributed by atoms with Crippen LogP contribution in [0, 0.1) is 0 Å². The van der Waals surface area contributed by atoms with E-state index < -0.39 is 11.9 Å². The minimum Gasteiger partial charge on any atom is -0.391 e. The van der Waals surface area contributed by atoms with Gasteiger partial charge in [-0.05, 0) is 6.42 Å². The predicted molar refractivity (Wildman–Crippen MR) is 37.9 cm³/mol. The van der Waals surface area contributed by atoms with E-state index in [1.54, 1.807) is 0 Å². The Kier molecular flexibility index (Phi) is 5.37. The Hall–Kier alpha value is -0.900. The minimum atomic E-state index is -0.633. The Morgan fingerprint density at radius 1 is 1.27 bits per heavy atom. The third-order valence-electron chi connectivity index (χ3n) is 0.944. The van der Waals surface area contributed by atoms with Gasteiger partial charge in [0.1, 0.15) is 6.61 Å². The van der Waals surface area contributed by atoms with E-state index >= 15 is 0 Å². The van der Waals surface area contributed by atoms with Gasteiger partial charge in [-0.3, -0.25) is 4.79 Å². The molecule has 0 aliphatic rings. The van der Waals surface area contributed by atoms with Crippen molar-refractivity contribution in [3.63, 3.8) is 0 Å². The number of hydrogen-bond acceptors (Lipinski definition) is 4. The van der Waals surface area contributed by atoms with Gasteiger partial charge in [-0.15, -0.1) is 0 Å². The van der Waals surface area contributed by atoms with Crippen molar-refractivity contribution in [1.82, 2.24) is 0 Å². The van der Waals surface area contributed by atoms with Crippen LogP contribution in [0.15, 0.2) is 0 Å². The molecular weight excluding hydrogens is 148 g/mol. The lowest BCUT2D eigenvalue weighted by molar-refractivity contribution is -0.162. The molecule has 64 valence electrons. The molecule has 0 saturated heterocycles. The molecule has 4 nitrogen and oxygen atoms in total. The Balaban J connectivity index is 3.49. The summed E-state index contributed by atoms with van der Waals surface area (Å²) in [5.41, 5.74) is 0. The molecule has 0 saturated carbocycles. The van der Waals surface area contributed by atoms with Gasteiger partial charge in [-0.25, -0.2) is 4.79 Å². The number of carbonyl (C=O) groups is 2. The Bertz CT molecular complexity index is 125. The second-order valence-electron chi connectivity index (χ2n) is 2.03. The first-order valence-corrected chi connectivity index (χ1v) is 3.43. The first-order chi connectivity index (χ1) is 5.20. The fourth-order valence-electron chi connectivity index (χ4n) is 0.529. The second-order valence-corrected chi connectivity index (χ2v) is 2.03. The number of ether oxygens (including phenoxy) is 2. The van der Waals surface area contributed by atoms with E-state index in [9.17, 15) is 9.59 Å². The van der Waals surface area contributed by atoms with Crippen LogP contribution in [0.1, 0.15) is 19.8 Å². The third kappa shape index (κ3) is 5.54. The number of rotatable bonds is 4. The molecule has 0 spiro atoms.